The molecule has 0 aliphatic heterocycles. The van der Waals surface area contributed by atoms with Crippen LogP contribution in [-0.2, 0) is 13.1 Å². The minimum atomic E-state index is -1.07. The zero-order chi connectivity index (χ0) is 27.7. The van der Waals surface area contributed by atoms with Crippen LogP contribution in [0.25, 0.3) is 22.3 Å². The number of aliphatic hydroxyl groups excluding tert-OH is 6. The van der Waals surface area contributed by atoms with Gasteiger partial charge in [0, 0.05) is 13.1 Å². The van der Waals surface area contributed by atoms with E-state index in [2.05, 4.69) is 29.9 Å². The van der Waals surface area contributed by atoms with Gasteiger partial charge in [-0.1, -0.05) is 12.2 Å². The zero-order valence-corrected chi connectivity index (χ0v) is 20.3. The Morgan fingerprint density at radius 1 is 0.684 bits per heavy atom. The maximum absolute atomic E-state index is 9.45. The molecule has 0 amide bonds. The van der Waals surface area contributed by atoms with Crippen LogP contribution in [-0.4, -0.2) is 108 Å². The Bertz CT molecular complexity index is 1300. The van der Waals surface area contributed by atoms with Gasteiger partial charge in [0.2, 0.25) is 0 Å². The van der Waals surface area contributed by atoms with E-state index >= 15 is 0 Å². The van der Waals surface area contributed by atoms with Crippen molar-refractivity contribution in [2.75, 3.05) is 37.9 Å². The summed E-state index contributed by atoms with van der Waals surface area (Å²) in [5.74, 6) is 0.594. The molecule has 4 rings (SSSR count). The number of aromatic nitrogens is 8. The third-order valence-electron chi connectivity index (χ3n) is 5.53. The maximum Gasteiger partial charge on any atom is 0.165 e. The summed E-state index contributed by atoms with van der Waals surface area (Å²) in [6.07, 6.45) is 6.86. The van der Waals surface area contributed by atoms with Crippen LogP contribution in [0.4, 0.5) is 11.6 Å². The third-order valence-corrected chi connectivity index (χ3v) is 5.53. The van der Waals surface area contributed by atoms with Crippen molar-refractivity contribution in [2.24, 2.45) is 0 Å². The van der Waals surface area contributed by atoms with E-state index in [-0.39, 0.29) is 13.2 Å². The standard InChI is InChI=1S/2C11H15N5O3/c2*12-10-9-11(14-5-13-10)16(6-15-9)2-1-7(3-17)8(19)4-18/h2*1,5-6,8,17-19H,2-4H2,(H2,12,13,14)/b7-1+;7-1-/t2*8-/m00/s1. The molecule has 10 N–H and O–H groups in total. The van der Waals surface area contributed by atoms with Crippen molar-refractivity contribution in [2.45, 2.75) is 25.3 Å². The molecule has 0 fully saturated rings. The summed E-state index contributed by atoms with van der Waals surface area (Å²) < 4.78 is 3.40. The van der Waals surface area contributed by atoms with Gasteiger partial charge in [0.05, 0.1) is 39.1 Å². The fourth-order valence-electron chi connectivity index (χ4n) is 3.34. The number of hydrogen-bond acceptors (Lipinski definition) is 14. The van der Waals surface area contributed by atoms with E-state index in [4.69, 9.17) is 31.9 Å². The lowest BCUT2D eigenvalue weighted by Gasteiger charge is -2.10. The molecule has 0 saturated heterocycles. The number of fused-ring (bicyclic) bond motifs is 2. The van der Waals surface area contributed by atoms with Crippen molar-refractivity contribution in [3.05, 3.63) is 48.6 Å². The molecule has 16 nitrogen and oxygen atoms in total. The van der Waals surface area contributed by atoms with Gasteiger partial charge in [0.1, 0.15) is 35.9 Å². The first-order valence-corrected chi connectivity index (χ1v) is 11.3. The minimum Gasteiger partial charge on any atom is -0.393 e. The van der Waals surface area contributed by atoms with Gasteiger partial charge in [-0.05, 0) is 11.1 Å². The fraction of sp³-hybridized carbons (Fsp3) is 0.364. The lowest BCUT2D eigenvalue weighted by Crippen LogP contribution is -2.18. The van der Waals surface area contributed by atoms with Crippen LogP contribution in [0.1, 0.15) is 0 Å². The predicted molar refractivity (Wildman–Crippen MR) is 136 cm³/mol. The lowest BCUT2D eigenvalue weighted by atomic mass is 10.1. The summed E-state index contributed by atoms with van der Waals surface area (Å²) >= 11 is 0. The molecule has 204 valence electrons. The van der Waals surface area contributed by atoms with Gasteiger partial charge in [0.25, 0.3) is 0 Å². The Kier molecular flexibility index (Phi) is 10.1. The molecule has 4 aromatic rings. The molecule has 4 aromatic heterocycles. The smallest absolute Gasteiger partial charge is 0.165 e. The Hall–Kier alpha value is -4.06. The maximum atomic E-state index is 9.45. The van der Waals surface area contributed by atoms with E-state index in [1.807, 2.05) is 0 Å². The van der Waals surface area contributed by atoms with Crippen molar-refractivity contribution in [1.82, 2.24) is 39.0 Å². The van der Waals surface area contributed by atoms with Gasteiger partial charge in [-0.3, -0.25) is 0 Å². The number of allylic oxidation sites excluding steroid dienone is 2. The molecule has 2 atom stereocenters. The summed E-state index contributed by atoms with van der Waals surface area (Å²) in [6.45, 7) is -0.838. The number of anilines is 2. The van der Waals surface area contributed by atoms with E-state index in [1.165, 1.54) is 12.7 Å². The van der Waals surface area contributed by atoms with Gasteiger partial charge in [-0.25, -0.2) is 29.9 Å². The topological polar surface area (TPSA) is 261 Å². The quantitative estimate of drug-likeness (QED) is 0.0975. The first-order valence-electron chi connectivity index (χ1n) is 11.3. The van der Waals surface area contributed by atoms with Crippen LogP contribution in [0.15, 0.2) is 48.6 Å². The summed E-state index contributed by atoms with van der Waals surface area (Å²) in [5.41, 5.74) is 14.2. The minimum absolute atomic E-state index is 0.297. The summed E-state index contributed by atoms with van der Waals surface area (Å²) in [6, 6.07) is 0. The molecule has 0 spiro atoms. The molecule has 0 aliphatic carbocycles. The first kappa shape index (κ1) is 28.5. The van der Waals surface area contributed by atoms with Crippen LogP contribution in [0, 0.1) is 0 Å². The van der Waals surface area contributed by atoms with E-state index in [1.54, 1.807) is 33.9 Å². The molecule has 0 bridgehead atoms. The van der Waals surface area contributed by atoms with Gasteiger partial charge < -0.3 is 51.2 Å². The van der Waals surface area contributed by atoms with Gasteiger partial charge in [0.15, 0.2) is 22.9 Å². The van der Waals surface area contributed by atoms with E-state index in [0.717, 1.165) is 0 Å². The number of nitrogen functional groups attached to an aromatic ring is 2. The van der Waals surface area contributed by atoms with Crippen LogP contribution in [0.5, 0.6) is 0 Å². The molecule has 0 radical (unpaired) electrons. The van der Waals surface area contributed by atoms with Crippen molar-refractivity contribution in [3.63, 3.8) is 0 Å². The molecule has 0 aromatic carbocycles. The van der Waals surface area contributed by atoms with Gasteiger partial charge >= 0.3 is 0 Å². The second kappa shape index (κ2) is 13.5. The monoisotopic (exact) mass is 530 g/mol. The average Bonchev–Trinajstić information content (AvgIpc) is 3.55. The third kappa shape index (κ3) is 6.62. The van der Waals surface area contributed by atoms with Gasteiger partial charge in [-0.15, -0.1) is 0 Å². The first-order chi connectivity index (χ1) is 18.3. The van der Waals surface area contributed by atoms with E-state index in [9.17, 15) is 10.2 Å². The van der Waals surface area contributed by atoms with Crippen LogP contribution < -0.4 is 11.5 Å². The van der Waals surface area contributed by atoms with Crippen molar-refractivity contribution in [3.8, 4) is 0 Å². The van der Waals surface area contributed by atoms with Crippen LogP contribution in [0.3, 0.4) is 0 Å². The highest BCUT2D eigenvalue weighted by molar-refractivity contribution is 5.81. The fourth-order valence-corrected chi connectivity index (χ4v) is 3.34. The molecule has 4 heterocycles. The number of hydrogen-bond donors (Lipinski definition) is 8. The second-order valence-corrected chi connectivity index (χ2v) is 7.93. The summed E-state index contributed by atoms with van der Waals surface area (Å²) in [5, 5.41) is 54.8. The van der Waals surface area contributed by atoms with Crippen molar-refractivity contribution < 1.29 is 30.6 Å². The highest BCUT2D eigenvalue weighted by Gasteiger charge is 2.11. The average molecular weight is 531 g/mol. The Morgan fingerprint density at radius 2 is 1.08 bits per heavy atom. The number of rotatable bonds is 10. The van der Waals surface area contributed by atoms with E-state index < -0.39 is 25.4 Å². The highest BCUT2D eigenvalue weighted by Crippen LogP contribution is 2.15. The molecule has 16 heteroatoms. The summed E-state index contributed by atoms with van der Waals surface area (Å²) in [4.78, 5) is 24.0. The van der Waals surface area contributed by atoms with Crippen LogP contribution in [0.2, 0.25) is 0 Å². The SMILES string of the molecule is Nc1ncnc2c1ncn2C/C=C(/CO)[C@@H](O)CO.Nc1ncnc2c1ncn2C/C=C(\CO)[C@@H](O)CO. The summed E-state index contributed by atoms with van der Waals surface area (Å²) in [7, 11) is 0. The normalized spacial score (nSPS) is 13.9. The number of nitrogens with zero attached hydrogens (tertiary/aromatic N) is 8. The molecule has 38 heavy (non-hydrogen) atoms. The number of nitrogens with two attached hydrogens (primary N) is 2. The molecule has 0 aliphatic rings. The molecular weight excluding hydrogens is 500 g/mol. The Balaban J connectivity index is 0.000000211. The zero-order valence-electron chi connectivity index (χ0n) is 20.3. The second-order valence-electron chi connectivity index (χ2n) is 7.93. The highest BCUT2D eigenvalue weighted by atomic mass is 16.3. The van der Waals surface area contributed by atoms with Crippen molar-refractivity contribution in [1.29, 1.82) is 0 Å². The van der Waals surface area contributed by atoms with Crippen LogP contribution >= 0.6 is 0 Å². The van der Waals surface area contributed by atoms with Gasteiger partial charge in [-0.2, -0.15) is 0 Å². The van der Waals surface area contributed by atoms with Crippen molar-refractivity contribution >= 4 is 34.0 Å². The lowest BCUT2D eigenvalue weighted by molar-refractivity contribution is 0.111. The Morgan fingerprint density at radius 3 is 1.42 bits per heavy atom. The molecule has 0 unspecified atom stereocenters. The number of aliphatic hydroxyl groups is 6. The van der Waals surface area contributed by atoms with E-state index in [0.29, 0.717) is 58.2 Å². The largest absolute Gasteiger partial charge is 0.393 e. The molecular formula is C22H30N10O6. The Labute approximate surface area is 215 Å². The number of imidazole rings is 2. The molecule has 0 saturated carbocycles. The predicted octanol–water partition coefficient (Wildman–Crippen LogP) is -2.64.